The lowest BCUT2D eigenvalue weighted by Crippen LogP contribution is -1.93. The van der Waals surface area contributed by atoms with Crippen LogP contribution >= 0.6 is 0 Å². The molecule has 1 aromatic carbocycles. The Kier molecular flexibility index (Phi) is 1.50. The first-order valence-corrected chi connectivity index (χ1v) is 4.52. The fraction of sp³-hybridized carbons (Fsp3) is 0.100. The summed E-state index contributed by atoms with van der Waals surface area (Å²) in [5.74, 6) is 1.01. The Balaban J connectivity index is 2.58. The molecular weight excluding hydrogens is 195 g/mol. The quantitative estimate of drug-likeness (QED) is 0.557. The summed E-state index contributed by atoms with van der Waals surface area (Å²) >= 11 is 0. The molecule has 3 rings (SSSR count). The van der Waals surface area contributed by atoms with Gasteiger partial charge in [-0.25, -0.2) is 9.37 Å². The van der Waals surface area contributed by atoms with Gasteiger partial charge in [-0.2, -0.15) is 0 Å². The zero-order valence-corrected chi connectivity index (χ0v) is 7.98. The number of aryl methyl sites for hydroxylation is 1. The molecule has 0 unspecified atom stereocenters. The number of benzene rings is 1. The number of nitrogens with zero attached hydrogens (tertiary/aromatic N) is 4. The maximum absolute atomic E-state index is 13.0. The maximum atomic E-state index is 13.0. The highest BCUT2D eigenvalue weighted by Gasteiger charge is 2.06. The van der Waals surface area contributed by atoms with Gasteiger partial charge in [-0.3, -0.25) is 4.40 Å². The summed E-state index contributed by atoms with van der Waals surface area (Å²) in [7, 11) is 0. The zero-order valence-electron chi connectivity index (χ0n) is 7.98. The van der Waals surface area contributed by atoms with Crippen molar-refractivity contribution in [3.63, 3.8) is 0 Å². The van der Waals surface area contributed by atoms with Crippen molar-refractivity contribution in [2.45, 2.75) is 6.92 Å². The van der Waals surface area contributed by atoms with Crippen LogP contribution in [0.25, 0.3) is 16.7 Å². The molecule has 2 aromatic heterocycles. The zero-order chi connectivity index (χ0) is 10.4. The smallest absolute Gasteiger partial charge is 0.255 e. The first-order valence-electron chi connectivity index (χ1n) is 4.52. The number of rotatable bonds is 0. The van der Waals surface area contributed by atoms with E-state index >= 15 is 0 Å². The topological polar surface area (TPSA) is 43.1 Å². The summed E-state index contributed by atoms with van der Waals surface area (Å²) in [5.41, 5.74) is 0.865. The van der Waals surface area contributed by atoms with E-state index in [-0.39, 0.29) is 5.82 Å². The molecule has 0 amide bonds. The van der Waals surface area contributed by atoms with Crippen LogP contribution in [0, 0.1) is 12.7 Å². The minimum atomic E-state index is -0.269. The molecule has 2 heterocycles. The monoisotopic (exact) mass is 202 g/mol. The van der Waals surface area contributed by atoms with Crippen LogP contribution in [0.2, 0.25) is 0 Å². The van der Waals surface area contributed by atoms with E-state index in [4.69, 9.17) is 0 Å². The van der Waals surface area contributed by atoms with Gasteiger partial charge in [0.15, 0.2) is 0 Å². The molecule has 0 atom stereocenters. The first-order chi connectivity index (χ1) is 7.25. The van der Waals surface area contributed by atoms with Gasteiger partial charge in [-0.1, -0.05) is 0 Å². The second kappa shape index (κ2) is 2.73. The Hall–Kier alpha value is -2.04. The lowest BCUT2D eigenvalue weighted by atomic mass is 10.2. The van der Waals surface area contributed by atoms with Crippen molar-refractivity contribution in [1.82, 2.24) is 19.6 Å². The van der Waals surface area contributed by atoms with Crippen LogP contribution in [0.5, 0.6) is 0 Å². The van der Waals surface area contributed by atoms with Gasteiger partial charge in [-0.05, 0) is 25.1 Å². The summed E-state index contributed by atoms with van der Waals surface area (Å²) in [4.78, 5) is 4.09. The van der Waals surface area contributed by atoms with E-state index in [0.29, 0.717) is 5.78 Å². The minimum absolute atomic E-state index is 0.269. The van der Waals surface area contributed by atoms with Crippen LogP contribution in [0.4, 0.5) is 4.39 Å². The lowest BCUT2D eigenvalue weighted by Gasteiger charge is -2.01. The third-order valence-electron chi connectivity index (χ3n) is 2.36. The molecule has 3 aromatic rings. The van der Waals surface area contributed by atoms with Crippen molar-refractivity contribution >= 4 is 16.7 Å². The molecule has 15 heavy (non-hydrogen) atoms. The number of aromatic nitrogens is 4. The highest BCUT2D eigenvalue weighted by molar-refractivity contribution is 5.80. The Morgan fingerprint density at radius 2 is 2.13 bits per heavy atom. The average molecular weight is 202 g/mol. The second-order valence-electron chi connectivity index (χ2n) is 3.34. The van der Waals surface area contributed by atoms with Crippen molar-refractivity contribution in [3.8, 4) is 0 Å². The Labute approximate surface area is 84.4 Å². The van der Waals surface area contributed by atoms with Crippen LogP contribution < -0.4 is 0 Å². The third kappa shape index (κ3) is 1.09. The Bertz CT molecular complexity index is 659. The standard InChI is InChI=1S/C10H7FN4/c1-6-13-14-10-12-5-7-4-8(11)2-3-9(7)15(6)10/h2-5H,1H3. The van der Waals surface area contributed by atoms with Gasteiger partial charge in [0.05, 0.1) is 5.52 Å². The summed E-state index contributed by atoms with van der Waals surface area (Å²) < 4.78 is 14.8. The van der Waals surface area contributed by atoms with E-state index < -0.39 is 0 Å². The van der Waals surface area contributed by atoms with Crippen molar-refractivity contribution < 1.29 is 4.39 Å². The van der Waals surface area contributed by atoms with Gasteiger partial charge in [0.25, 0.3) is 5.78 Å². The predicted octanol–water partition coefficient (Wildman–Crippen LogP) is 1.73. The van der Waals surface area contributed by atoms with E-state index in [1.54, 1.807) is 16.7 Å². The summed E-state index contributed by atoms with van der Waals surface area (Å²) in [6, 6.07) is 4.57. The van der Waals surface area contributed by atoms with Crippen LogP contribution in [-0.4, -0.2) is 19.6 Å². The predicted molar refractivity (Wildman–Crippen MR) is 53.0 cm³/mol. The van der Waals surface area contributed by atoms with E-state index in [2.05, 4.69) is 15.2 Å². The lowest BCUT2D eigenvalue weighted by molar-refractivity contribution is 0.629. The molecule has 0 aliphatic carbocycles. The molecular formula is C10H7FN4. The highest BCUT2D eigenvalue weighted by atomic mass is 19.1. The fourth-order valence-electron chi connectivity index (χ4n) is 1.68. The van der Waals surface area contributed by atoms with Gasteiger partial charge in [0, 0.05) is 11.6 Å². The molecule has 0 spiro atoms. The molecule has 0 fully saturated rings. The van der Waals surface area contributed by atoms with Gasteiger partial charge in [0.2, 0.25) is 0 Å². The largest absolute Gasteiger partial charge is 0.263 e. The minimum Gasteiger partial charge on any atom is -0.263 e. The molecule has 0 N–H and O–H groups in total. The van der Waals surface area contributed by atoms with Crippen LogP contribution in [-0.2, 0) is 0 Å². The van der Waals surface area contributed by atoms with Crippen LogP contribution in [0.1, 0.15) is 5.82 Å². The average Bonchev–Trinajstić information content (AvgIpc) is 2.60. The van der Waals surface area contributed by atoms with E-state index in [0.717, 1.165) is 16.7 Å². The molecule has 0 saturated heterocycles. The number of fused-ring (bicyclic) bond motifs is 3. The van der Waals surface area contributed by atoms with Gasteiger partial charge >= 0.3 is 0 Å². The number of hydrogen-bond acceptors (Lipinski definition) is 3. The summed E-state index contributed by atoms with van der Waals surface area (Å²) in [6.45, 7) is 1.84. The molecule has 74 valence electrons. The summed E-state index contributed by atoms with van der Waals surface area (Å²) in [5, 5.41) is 8.57. The number of hydrogen-bond donors (Lipinski definition) is 0. The van der Waals surface area contributed by atoms with Gasteiger partial charge < -0.3 is 0 Å². The van der Waals surface area contributed by atoms with Crippen molar-refractivity contribution in [2.24, 2.45) is 0 Å². The van der Waals surface area contributed by atoms with E-state index in [9.17, 15) is 4.39 Å². The highest BCUT2D eigenvalue weighted by Crippen LogP contribution is 2.16. The molecule has 0 aliphatic heterocycles. The Morgan fingerprint density at radius 3 is 3.00 bits per heavy atom. The third-order valence-corrected chi connectivity index (χ3v) is 2.36. The maximum Gasteiger partial charge on any atom is 0.255 e. The summed E-state index contributed by atoms with van der Waals surface area (Å²) in [6.07, 6.45) is 1.60. The molecule has 0 bridgehead atoms. The molecule has 0 aliphatic rings. The normalized spacial score (nSPS) is 11.3. The fourth-order valence-corrected chi connectivity index (χ4v) is 1.68. The van der Waals surface area contributed by atoms with Crippen molar-refractivity contribution in [1.29, 1.82) is 0 Å². The molecule has 0 radical (unpaired) electrons. The SMILES string of the molecule is Cc1nnc2ncc3cc(F)ccc3n12. The van der Waals surface area contributed by atoms with Gasteiger partial charge in [-0.15, -0.1) is 10.2 Å². The van der Waals surface area contributed by atoms with Crippen LogP contribution in [0.3, 0.4) is 0 Å². The van der Waals surface area contributed by atoms with E-state index in [1.807, 2.05) is 6.92 Å². The Morgan fingerprint density at radius 1 is 1.27 bits per heavy atom. The van der Waals surface area contributed by atoms with Crippen LogP contribution in [0.15, 0.2) is 24.4 Å². The first kappa shape index (κ1) is 8.28. The van der Waals surface area contributed by atoms with Crippen molar-refractivity contribution in [3.05, 3.63) is 36.0 Å². The number of halogens is 1. The van der Waals surface area contributed by atoms with E-state index in [1.165, 1.54) is 12.1 Å². The molecule has 5 heteroatoms. The molecule has 0 saturated carbocycles. The van der Waals surface area contributed by atoms with Gasteiger partial charge in [0.1, 0.15) is 11.6 Å². The second-order valence-corrected chi connectivity index (χ2v) is 3.34. The van der Waals surface area contributed by atoms with Crippen molar-refractivity contribution in [2.75, 3.05) is 0 Å². The molecule has 4 nitrogen and oxygen atoms in total.